The molecule has 0 unspecified atom stereocenters. The van der Waals surface area contributed by atoms with Crippen LogP contribution in [0.3, 0.4) is 0 Å². The van der Waals surface area contributed by atoms with Gasteiger partial charge < -0.3 is 4.57 Å². The Bertz CT molecular complexity index is 461. The molecule has 0 saturated carbocycles. The van der Waals surface area contributed by atoms with Crippen molar-refractivity contribution in [3.8, 4) is 0 Å². The van der Waals surface area contributed by atoms with Crippen LogP contribution in [0.4, 0.5) is 0 Å². The molecule has 0 aliphatic carbocycles. The van der Waals surface area contributed by atoms with E-state index in [4.69, 9.17) is 0 Å². The highest BCUT2D eigenvalue weighted by Crippen LogP contribution is 2.12. The number of hydrogen-bond donors (Lipinski definition) is 0. The van der Waals surface area contributed by atoms with Crippen molar-refractivity contribution < 1.29 is 0 Å². The lowest BCUT2D eigenvalue weighted by Gasteiger charge is -2.04. The molecule has 5 nitrogen and oxygen atoms in total. The predicted molar refractivity (Wildman–Crippen MR) is 62.4 cm³/mol. The normalized spacial score (nSPS) is 10.9. The second kappa shape index (κ2) is 4.44. The summed E-state index contributed by atoms with van der Waals surface area (Å²) in [5, 5.41) is 4.18. The van der Waals surface area contributed by atoms with E-state index in [0.717, 1.165) is 12.4 Å². The third-order valence-corrected chi connectivity index (χ3v) is 2.96. The maximum absolute atomic E-state index is 4.27. The summed E-state index contributed by atoms with van der Waals surface area (Å²) in [5.41, 5.74) is 0. The fourth-order valence-electron chi connectivity index (χ4n) is 1.31. The van der Waals surface area contributed by atoms with Gasteiger partial charge in [-0.1, -0.05) is 0 Å². The molecule has 0 fully saturated rings. The molecule has 0 amide bonds. The Morgan fingerprint density at radius 3 is 2.80 bits per heavy atom. The number of imidazole rings is 1. The zero-order valence-corrected chi connectivity index (χ0v) is 11.2. The molecule has 0 aliphatic heterocycles. The van der Waals surface area contributed by atoms with Crippen LogP contribution in [0, 0.1) is 0 Å². The standard InChI is InChI=1S/C8H9Br2N5/c1-2-14-4-3-11-6(14)5-15-8(10)12-7(9)13-15/h3-4H,2,5H2,1H3. The highest BCUT2D eigenvalue weighted by Gasteiger charge is 2.08. The van der Waals surface area contributed by atoms with Crippen LogP contribution in [0.15, 0.2) is 21.9 Å². The summed E-state index contributed by atoms with van der Waals surface area (Å²) in [5.74, 6) is 0.968. The molecule has 0 aromatic carbocycles. The van der Waals surface area contributed by atoms with Crippen molar-refractivity contribution in [3.05, 3.63) is 27.7 Å². The van der Waals surface area contributed by atoms with Crippen molar-refractivity contribution in [1.82, 2.24) is 24.3 Å². The fraction of sp³-hybridized carbons (Fsp3) is 0.375. The number of hydrogen-bond acceptors (Lipinski definition) is 3. The van der Waals surface area contributed by atoms with E-state index in [0.29, 0.717) is 16.0 Å². The molecule has 2 rings (SSSR count). The lowest BCUT2D eigenvalue weighted by molar-refractivity contribution is 0.594. The number of rotatable bonds is 3. The minimum Gasteiger partial charge on any atom is -0.334 e. The maximum atomic E-state index is 4.27. The van der Waals surface area contributed by atoms with Gasteiger partial charge in [-0.15, -0.1) is 5.10 Å². The van der Waals surface area contributed by atoms with Crippen molar-refractivity contribution in [2.24, 2.45) is 0 Å². The van der Waals surface area contributed by atoms with Gasteiger partial charge in [-0.3, -0.25) is 0 Å². The maximum Gasteiger partial charge on any atom is 0.218 e. The van der Waals surface area contributed by atoms with Gasteiger partial charge in [-0.05, 0) is 38.8 Å². The molecule has 0 radical (unpaired) electrons. The SMILES string of the molecule is CCn1ccnc1Cn1nc(Br)nc1Br. The summed E-state index contributed by atoms with van der Waals surface area (Å²) >= 11 is 6.55. The van der Waals surface area contributed by atoms with Crippen LogP contribution in [0.1, 0.15) is 12.7 Å². The van der Waals surface area contributed by atoms with Crippen LogP contribution >= 0.6 is 31.9 Å². The summed E-state index contributed by atoms with van der Waals surface area (Å²) in [4.78, 5) is 8.37. The van der Waals surface area contributed by atoms with E-state index in [-0.39, 0.29) is 0 Å². The number of nitrogens with zero attached hydrogens (tertiary/aromatic N) is 5. The van der Waals surface area contributed by atoms with Crippen molar-refractivity contribution in [2.45, 2.75) is 20.0 Å². The molecule has 0 bridgehead atoms. The molecule has 0 saturated heterocycles. The summed E-state index contributed by atoms with van der Waals surface area (Å²) in [6.07, 6.45) is 3.74. The van der Waals surface area contributed by atoms with E-state index >= 15 is 0 Å². The Labute approximate surface area is 104 Å². The molecule has 0 N–H and O–H groups in total. The molecule has 2 aromatic heterocycles. The molecule has 2 aromatic rings. The van der Waals surface area contributed by atoms with Crippen molar-refractivity contribution >= 4 is 31.9 Å². The Morgan fingerprint density at radius 2 is 2.20 bits per heavy atom. The molecule has 15 heavy (non-hydrogen) atoms. The second-order valence-corrected chi connectivity index (χ2v) is 4.36. The van der Waals surface area contributed by atoms with E-state index in [1.165, 1.54) is 0 Å². The van der Waals surface area contributed by atoms with Gasteiger partial charge in [0.2, 0.25) is 4.73 Å². The summed E-state index contributed by atoms with van der Waals surface area (Å²) < 4.78 is 5.09. The van der Waals surface area contributed by atoms with Crippen LogP contribution < -0.4 is 0 Å². The van der Waals surface area contributed by atoms with Gasteiger partial charge in [-0.2, -0.15) is 4.98 Å². The van der Waals surface area contributed by atoms with Gasteiger partial charge in [0.05, 0.1) is 0 Å². The molecule has 80 valence electrons. The quantitative estimate of drug-likeness (QED) is 0.863. The first-order valence-electron chi connectivity index (χ1n) is 4.46. The highest BCUT2D eigenvalue weighted by atomic mass is 79.9. The summed E-state index contributed by atoms with van der Waals surface area (Å²) in [6, 6.07) is 0. The number of aromatic nitrogens is 5. The molecular formula is C8H9Br2N5. The van der Waals surface area contributed by atoms with Crippen molar-refractivity contribution in [3.63, 3.8) is 0 Å². The summed E-state index contributed by atoms with van der Waals surface area (Å²) in [7, 11) is 0. The minimum absolute atomic E-state index is 0.573. The van der Waals surface area contributed by atoms with Gasteiger partial charge in [0.1, 0.15) is 12.4 Å². The molecular weight excluding hydrogens is 326 g/mol. The third kappa shape index (κ3) is 2.28. The van der Waals surface area contributed by atoms with Gasteiger partial charge in [0.15, 0.2) is 4.73 Å². The Balaban J connectivity index is 2.25. The van der Waals surface area contributed by atoms with Crippen molar-refractivity contribution in [2.75, 3.05) is 0 Å². The van der Waals surface area contributed by atoms with E-state index in [9.17, 15) is 0 Å². The number of halogens is 2. The lowest BCUT2D eigenvalue weighted by atomic mass is 10.5. The van der Waals surface area contributed by atoms with E-state index in [2.05, 4.69) is 58.4 Å². The average molecular weight is 335 g/mol. The zero-order chi connectivity index (χ0) is 10.8. The smallest absolute Gasteiger partial charge is 0.218 e. The number of aryl methyl sites for hydroxylation is 1. The lowest BCUT2D eigenvalue weighted by Crippen LogP contribution is -2.09. The van der Waals surface area contributed by atoms with Gasteiger partial charge in [0, 0.05) is 18.9 Å². The van der Waals surface area contributed by atoms with E-state index < -0.39 is 0 Å². The molecule has 0 aliphatic rings. The van der Waals surface area contributed by atoms with Crippen LogP contribution in [0.25, 0.3) is 0 Å². The molecule has 7 heteroatoms. The fourth-order valence-corrected chi connectivity index (χ4v) is 2.28. The Morgan fingerprint density at radius 1 is 1.40 bits per heavy atom. The summed E-state index contributed by atoms with van der Waals surface area (Å²) in [6.45, 7) is 3.60. The Kier molecular flexibility index (Phi) is 3.20. The van der Waals surface area contributed by atoms with Gasteiger partial charge >= 0.3 is 0 Å². The van der Waals surface area contributed by atoms with Gasteiger partial charge in [0.25, 0.3) is 0 Å². The molecule has 0 atom stereocenters. The predicted octanol–water partition coefficient (Wildman–Crippen LogP) is 2.07. The average Bonchev–Trinajstić information content (AvgIpc) is 2.74. The monoisotopic (exact) mass is 333 g/mol. The van der Waals surface area contributed by atoms with Crippen LogP contribution in [-0.4, -0.2) is 24.3 Å². The third-order valence-electron chi connectivity index (χ3n) is 2.03. The molecule has 2 heterocycles. The van der Waals surface area contributed by atoms with E-state index in [1.807, 2.05) is 6.20 Å². The van der Waals surface area contributed by atoms with E-state index in [1.54, 1.807) is 10.9 Å². The topological polar surface area (TPSA) is 48.5 Å². The van der Waals surface area contributed by atoms with Crippen LogP contribution in [0.2, 0.25) is 0 Å². The first kappa shape index (κ1) is 10.8. The minimum atomic E-state index is 0.573. The Hall–Kier alpha value is -0.690. The van der Waals surface area contributed by atoms with Crippen LogP contribution in [-0.2, 0) is 13.1 Å². The molecule has 0 spiro atoms. The first-order valence-corrected chi connectivity index (χ1v) is 6.05. The van der Waals surface area contributed by atoms with Crippen molar-refractivity contribution in [1.29, 1.82) is 0 Å². The first-order chi connectivity index (χ1) is 7.20. The second-order valence-electron chi connectivity index (χ2n) is 2.94. The van der Waals surface area contributed by atoms with Gasteiger partial charge in [-0.25, -0.2) is 9.67 Å². The largest absolute Gasteiger partial charge is 0.334 e. The zero-order valence-electron chi connectivity index (χ0n) is 8.06. The van der Waals surface area contributed by atoms with Crippen LogP contribution in [0.5, 0.6) is 0 Å². The highest BCUT2D eigenvalue weighted by molar-refractivity contribution is 9.11.